The largest absolute Gasteiger partial charge is 0.508 e. The summed E-state index contributed by atoms with van der Waals surface area (Å²) in [6, 6.07) is 15.2. The molecule has 2 heterocycles. The number of thiazole rings is 1. The van der Waals surface area contributed by atoms with Crippen molar-refractivity contribution in [1.82, 2.24) is 15.0 Å². The fraction of sp³-hybridized carbons (Fsp3) is 0.136. The summed E-state index contributed by atoms with van der Waals surface area (Å²) in [6.45, 7) is 1.98. The van der Waals surface area contributed by atoms with Gasteiger partial charge in [0.15, 0.2) is 11.6 Å². The van der Waals surface area contributed by atoms with E-state index in [0.29, 0.717) is 17.2 Å². The first-order valence-electron chi connectivity index (χ1n) is 9.20. The maximum Gasteiger partial charge on any atom is 0.163 e. The van der Waals surface area contributed by atoms with Gasteiger partial charge in [-0.15, -0.1) is 11.3 Å². The summed E-state index contributed by atoms with van der Waals surface area (Å²) in [5.41, 5.74) is 4.88. The number of aromatic nitrogens is 3. The van der Waals surface area contributed by atoms with Crippen LogP contribution in [0.25, 0.3) is 27.5 Å². The topological polar surface area (TPSA) is 80.2 Å². The van der Waals surface area contributed by atoms with E-state index in [1.807, 2.05) is 55.5 Å². The van der Waals surface area contributed by atoms with Gasteiger partial charge in [-0.3, -0.25) is 0 Å². The fourth-order valence-corrected chi connectivity index (χ4v) is 3.60. The molecule has 4 aromatic rings. The molecule has 7 heteroatoms. The van der Waals surface area contributed by atoms with E-state index in [1.54, 1.807) is 18.7 Å². The maximum absolute atomic E-state index is 10.2. The summed E-state index contributed by atoms with van der Waals surface area (Å²) < 4.78 is 5.30. The quantitative estimate of drug-likeness (QED) is 0.395. The first-order valence-corrected chi connectivity index (χ1v) is 10.1. The van der Waals surface area contributed by atoms with Crippen molar-refractivity contribution in [3.8, 4) is 17.1 Å². The lowest BCUT2D eigenvalue weighted by Gasteiger charge is -2.10. The smallest absolute Gasteiger partial charge is 0.163 e. The van der Waals surface area contributed by atoms with E-state index < -0.39 is 0 Å². The minimum Gasteiger partial charge on any atom is -0.508 e. The molecular formula is C22H20N4O2S. The van der Waals surface area contributed by atoms with Gasteiger partial charge in [-0.05, 0) is 30.7 Å². The molecule has 0 saturated carbocycles. The zero-order valence-corrected chi connectivity index (χ0v) is 16.9. The first kappa shape index (κ1) is 18.9. The van der Waals surface area contributed by atoms with Crippen LogP contribution in [-0.4, -0.2) is 27.2 Å². The lowest BCUT2D eigenvalue weighted by molar-refractivity contribution is 0.415. The van der Waals surface area contributed by atoms with Gasteiger partial charge in [0.05, 0.1) is 12.6 Å². The number of hydrogen-bond donors (Lipinski definition) is 2. The van der Waals surface area contributed by atoms with Crippen LogP contribution < -0.4 is 10.1 Å². The summed E-state index contributed by atoms with van der Waals surface area (Å²) in [4.78, 5) is 14.6. The van der Waals surface area contributed by atoms with Crippen molar-refractivity contribution in [3.63, 3.8) is 0 Å². The van der Waals surface area contributed by atoms with Gasteiger partial charge in [-0.1, -0.05) is 31.2 Å². The molecule has 0 aliphatic carbocycles. The summed E-state index contributed by atoms with van der Waals surface area (Å²) >= 11 is 1.46. The molecule has 0 atom stereocenters. The SMILES string of the molecule is CCC=C(O)c1cccc(-c2nc(Nc3cccc(OC)c3)c3ncsc3n2)c1. The number of nitrogens with one attached hydrogen (secondary N) is 1. The van der Waals surface area contributed by atoms with Crippen LogP contribution in [0, 0.1) is 0 Å². The number of fused-ring (bicyclic) bond motifs is 1. The van der Waals surface area contributed by atoms with Gasteiger partial charge < -0.3 is 15.2 Å². The number of benzene rings is 2. The molecule has 0 fully saturated rings. The number of allylic oxidation sites excluding steroid dienone is 1. The van der Waals surface area contributed by atoms with Crippen LogP contribution in [0.4, 0.5) is 11.5 Å². The van der Waals surface area contributed by atoms with E-state index in [-0.39, 0.29) is 5.76 Å². The van der Waals surface area contributed by atoms with Crippen LogP contribution in [0.15, 0.2) is 60.1 Å². The number of rotatable bonds is 6. The van der Waals surface area contributed by atoms with Gasteiger partial charge in [0, 0.05) is 22.9 Å². The minimum absolute atomic E-state index is 0.253. The molecule has 2 aromatic carbocycles. The Bertz CT molecular complexity index is 1190. The third-order valence-corrected chi connectivity index (χ3v) is 5.06. The zero-order valence-electron chi connectivity index (χ0n) is 16.1. The van der Waals surface area contributed by atoms with Gasteiger partial charge in [0.2, 0.25) is 0 Å². The maximum atomic E-state index is 10.2. The second kappa shape index (κ2) is 8.28. The predicted octanol–water partition coefficient (Wildman–Crippen LogP) is 5.81. The van der Waals surface area contributed by atoms with Gasteiger partial charge in [0.25, 0.3) is 0 Å². The molecule has 4 rings (SSSR count). The molecule has 6 nitrogen and oxygen atoms in total. The van der Waals surface area contributed by atoms with Gasteiger partial charge in [-0.25, -0.2) is 15.0 Å². The number of nitrogens with zero attached hydrogens (tertiary/aromatic N) is 3. The summed E-state index contributed by atoms with van der Waals surface area (Å²) in [6.07, 6.45) is 2.54. The highest BCUT2D eigenvalue weighted by molar-refractivity contribution is 7.16. The molecule has 0 spiro atoms. The average molecular weight is 404 g/mol. The van der Waals surface area contributed by atoms with Crippen molar-refractivity contribution >= 4 is 38.9 Å². The third-order valence-electron chi connectivity index (χ3n) is 4.34. The van der Waals surface area contributed by atoms with Crippen molar-refractivity contribution < 1.29 is 9.84 Å². The molecule has 0 aliphatic rings. The van der Waals surface area contributed by atoms with Crippen LogP contribution >= 0.6 is 11.3 Å². The monoisotopic (exact) mass is 404 g/mol. The van der Waals surface area contributed by atoms with E-state index in [4.69, 9.17) is 9.72 Å². The van der Waals surface area contributed by atoms with Crippen molar-refractivity contribution in [3.05, 3.63) is 65.7 Å². The molecule has 2 aromatic heterocycles. The molecule has 0 amide bonds. The summed E-state index contributed by atoms with van der Waals surface area (Å²) in [7, 11) is 1.63. The number of ether oxygens (including phenoxy) is 1. The van der Waals surface area contributed by atoms with E-state index in [9.17, 15) is 5.11 Å². The predicted molar refractivity (Wildman–Crippen MR) is 118 cm³/mol. The van der Waals surface area contributed by atoms with Crippen LogP contribution in [0.5, 0.6) is 5.75 Å². The lowest BCUT2D eigenvalue weighted by atomic mass is 10.1. The molecule has 29 heavy (non-hydrogen) atoms. The Morgan fingerprint density at radius 2 is 2.03 bits per heavy atom. The first-order chi connectivity index (χ1) is 14.2. The summed E-state index contributed by atoms with van der Waals surface area (Å²) in [5, 5.41) is 13.5. The number of aliphatic hydroxyl groups is 1. The number of aliphatic hydroxyl groups excluding tert-OH is 1. The van der Waals surface area contributed by atoms with E-state index >= 15 is 0 Å². The molecule has 0 radical (unpaired) electrons. The zero-order chi connectivity index (χ0) is 20.2. The van der Waals surface area contributed by atoms with Gasteiger partial charge >= 0.3 is 0 Å². The van der Waals surface area contributed by atoms with Crippen molar-refractivity contribution in [1.29, 1.82) is 0 Å². The Hall–Kier alpha value is -3.45. The highest BCUT2D eigenvalue weighted by Crippen LogP contribution is 2.30. The Morgan fingerprint density at radius 3 is 2.86 bits per heavy atom. The molecule has 0 saturated heterocycles. The fourth-order valence-electron chi connectivity index (χ4n) is 2.94. The Balaban J connectivity index is 1.77. The van der Waals surface area contributed by atoms with Crippen molar-refractivity contribution in [2.75, 3.05) is 12.4 Å². The average Bonchev–Trinajstić information content (AvgIpc) is 3.23. The van der Waals surface area contributed by atoms with E-state index in [0.717, 1.165) is 33.8 Å². The van der Waals surface area contributed by atoms with Crippen LogP contribution in [-0.2, 0) is 0 Å². The minimum atomic E-state index is 0.253. The molecule has 2 N–H and O–H groups in total. The highest BCUT2D eigenvalue weighted by Gasteiger charge is 2.13. The third kappa shape index (κ3) is 4.05. The second-order valence-corrected chi connectivity index (χ2v) is 7.17. The Kier molecular flexibility index (Phi) is 5.39. The van der Waals surface area contributed by atoms with E-state index in [2.05, 4.69) is 15.3 Å². The molecule has 0 unspecified atom stereocenters. The Morgan fingerprint density at radius 1 is 1.17 bits per heavy atom. The highest BCUT2D eigenvalue weighted by atomic mass is 32.1. The van der Waals surface area contributed by atoms with Crippen molar-refractivity contribution in [2.45, 2.75) is 13.3 Å². The van der Waals surface area contributed by atoms with Crippen LogP contribution in [0.3, 0.4) is 0 Å². The van der Waals surface area contributed by atoms with E-state index in [1.165, 1.54) is 11.3 Å². The van der Waals surface area contributed by atoms with Gasteiger partial charge in [-0.2, -0.15) is 0 Å². The standard InChI is InChI=1S/C22H20N4O2S/c1-3-6-18(27)14-7-4-8-15(11-14)20-25-21(19-22(26-20)29-13-23-19)24-16-9-5-10-17(12-16)28-2/h4-13,27H,3H2,1-2H3,(H,24,25,26). The molecule has 0 aliphatic heterocycles. The molecular weight excluding hydrogens is 384 g/mol. The summed E-state index contributed by atoms with van der Waals surface area (Å²) in [5.74, 6) is 2.20. The number of hydrogen-bond acceptors (Lipinski definition) is 7. The normalized spacial score (nSPS) is 11.6. The van der Waals surface area contributed by atoms with Crippen LogP contribution in [0.1, 0.15) is 18.9 Å². The molecule has 146 valence electrons. The van der Waals surface area contributed by atoms with Crippen LogP contribution in [0.2, 0.25) is 0 Å². The van der Waals surface area contributed by atoms with Gasteiger partial charge in [0.1, 0.15) is 21.9 Å². The Labute approximate surface area is 172 Å². The van der Waals surface area contributed by atoms with Crippen molar-refractivity contribution in [2.24, 2.45) is 0 Å². The molecule has 0 bridgehead atoms. The number of methoxy groups -OCH3 is 1. The number of anilines is 2. The lowest BCUT2D eigenvalue weighted by Crippen LogP contribution is -1.99. The second-order valence-electron chi connectivity index (χ2n) is 6.34.